The molecule has 0 spiro atoms. The van der Waals surface area contributed by atoms with Gasteiger partial charge in [-0.3, -0.25) is 4.79 Å². The third-order valence-electron chi connectivity index (χ3n) is 9.12. The molecule has 0 aliphatic carbocycles. The highest BCUT2D eigenvalue weighted by Crippen LogP contribution is 2.39. The predicted octanol–water partition coefficient (Wildman–Crippen LogP) is 8.32. The van der Waals surface area contributed by atoms with Crippen LogP contribution < -0.4 is 19.8 Å². The summed E-state index contributed by atoms with van der Waals surface area (Å²) in [6.07, 6.45) is 0.595. The first kappa shape index (κ1) is 43.4. The van der Waals surface area contributed by atoms with Gasteiger partial charge in [0.2, 0.25) is 5.88 Å². The lowest BCUT2D eigenvalue weighted by molar-refractivity contribution is -0.143. The summed E-state index contributed by atoms with van der Waals surface area (Å²) in [6.45, 7) is -0.147. The lowest BCUT2D eigenvalue weighted by Crippen LogP contribution is -2.17. The minimum atomic E-state index is -3.08. The van der Waals surface area contributed by atoms with Crippen LogP contribution >= 0.6 is 23.2 Å². The quantitative estimate of drug-likeness (QED) is 0.117. The molecule has 0 saturated carbocycles. The third-order valence-corrected chi connectivity index (χ3v) is 9.74. The number of nitrogens with one attached hydrogen (secondary N) is 1. The molecule has 6 aromatic rings. The van der Waals surface area contributed by atoms with Crippen LogP contribution in [0.25, 0.3) is 21.8 Å². The van der Waals surface area contributed by atoms with Crippen LogP contribution in [0.4, 0.5) is 8.78 Å². The molecule has 12 nitrogen and oxygen atoms in total. The van der Waals surface area contributed by atoms with Gasteiger partial charge >= 0.3 is 18.6 Å². The van der Waals surface area contributed by atoms with Gasteiger partial charge in [0.05, 0.1) is 58.6 Å². The van der Waals surface area contributed by atoms with Crippen molar-refractivity contribution in [1.82, 2.24) is 9.97 Å². The number of carbonyl (C=O) groups is 2. The number of aryl methyl sites for hydroxylation is 2. The molecular weight excluding hydrogens is 809 g/mol. The van der Waals surface area contributed by atoms with E-state index in [0.29, 0.717) is 72.6 Å². The number of halogens is 4. The molecule has 302 valence electrons. The molecular formula is C43H34Cl2F2N4O8. The molecule has 0 atom stereocenters. The highest BCUT2D eigenvalue weighted by atomic mass is 35.5. The van der Waals surface area contributed by atoms with E-state index in [1.807, 2.05) is 25.1 Å². The molecule has 0 aliphatic rings. The van der Waals surface area contributed by atoms with Gasteiger partial charge in [-0.1, -0.05) is 47.5 Å². The molecule has 0 aliphatic heterocycles. The summed E-state index contributed by atoms with van der Waals surface area (Å²) in [5.41, 5.74) is 5.34. The van der Waals surface area contributed by atoms with Gasteiger partial charge in [-0.15, -0.1) is 0 Å². The molecule has 0 bridgehead atoms. The van der Waals surface area contributed by atoms with E-state index in [1.54, 1.807) is 61.5 Å². The molecule has 16 heteroatoms. The normalized spacial score (nSPS) is 10.6. The van der Waals surface area contributed by atoms with Crippen molar-refractivity contribution in [2.45, 2.75) is 33.3 Å². The number of aromatic nitrogens is 2. The van der Waals surface area contributed by atoms with Gasteiger partial charge in [0.1, 0.15) is 11.5 Å². The van der Waals surface area contributed by atoms with Crippen LogP contribution in [-0.4, -0.2) is 56.0 Å². The second kappa shape index (κ2) is 19.6. The van der Waals surface area contributed by atoms with Crippen LogP contribution in [0.1, 0.15) is 44.5 Å². The number of rotatable bonds is 12. The van der Waals surface area contributed by atoms with E-state index in [0.717, 1.165) is 11.1 Å². The smallest absolute Gasteiger partial charge is 0.388 e. The van der Waals surface area contributed by atoms with Gasteiger partial charge < -0.3 is 28.7 Å². The number of benzene rings is 4. The van der Waals surface area contributed by atoms with Crippen molar-refractivity contribution in [3.05, 3.63) is 138 Å². The Morgan fingerprint density at radius 2 is 1.20 bits per heavy atom. The van der Waals surface area contributed by atoms with Crippen LogP contribution in [0.3, 0.4) is 0 Å². The number of hydrogen-bond donors (Lipinski definition) is 1. The van der Waals surface area contributed by atoms with Crippen LogP contribution in [0.15, 0.2) is 77.6 Å². The maximum Gasteiger partial charge on any atom is 0.388 e. The Balaban J connectivity index is 0.000000225. The summed E-state index contributed by atoms with van der Waals surface area (Å²) < 4.78 is 51.2. The lowest BCUT2D eigenvalue weighted by Gasteiger charge is -2.18. The number of nitrogens with zero attached hydrogens (tertiary/aromatic N) is 3. The zero-order chi connectivity index (χ0) is 42.8. The van der Waals surface area contributed by atoms with Crippen molar-refractivity contribution in [2.75, 3.05) is 27.4 Å². The van der Waals surface area contributed by atoms with E-state index in [2.05, 4.69) is 25.5 Å². The van der Waals surface area contributed by atoms with E-state index < -0.39 is 18.6 Å². The van der Waals surface area contributed by atoms with E-state index >= 15 is 0 Å². The number of alkyl halides is 2. The van der Waals surface area contributed by atoms with Gasteiger partial charge in [-0.05, 0) is 84.6 Å². The minimum Gasteiger partial charge on any atom is -0.481 e. The van der Waals surface area contributed by atoms with Crippen LogP contribution in [0.2, 0.25) is 10.0 Å². The number of esters is 2. The Bertz CT molecular complexity index is 2680. The first-order chi connectivity index (χ1) is 28.3. The summed E-state index contributed by atoms with van der Waals surface area (Å²) in [5, 5.41) is 19.6. The lowest BCUT2D eigenvalue weighted by atomic mass is 9.97. The standard InChI is InChI=1S/C22H17ClF2N2O4.C21H17ClN2O4/c1-12-15(9-13-3-5-14(10-26)6-4-13)21(31-22(24)25)27-20-16(23)7-8-17(19(12)20)30-11-18(28)29-2;1-12-15(9-13-3-5-14(10-23)6-4-13)21(26)24-20-16(22)7-8-17(19(12)20)28-11-18(25)27-2/h3-8,22H,9,11H2,1-2H3;3-8H,9,11H2,1-2H3,(H,24,26). The van der Waals surface area contributed by atoms with Crippen molar-refractivity contribution in [1.29, 1.82) is 10.5 Å². The summed E-state index contributed by atoms with van der Waals surface area (Å²) in [4.78, 5) is 42.7. The van der Waals surface area contributed by atoms with Crippen molar-refractivity contribution >= 4 is 56.9 Å². The highest BCUT2D eigenvalue weighted by Gasteiger charge is 2.22. The number of ether oxygens (including phenoxy) is 5. The second-order valence-corrected chi connectivity index (χ2v) is 13.5. The van der Waals surface area contributed by atoms with Gasteiger partial charge in [0, 0.05) is 34.7 Å². The molecule has 0 fully saturated rings. The predicted molar refractivity (Wildman–Crippen MR) is 215 cm³/mol. The molecule has 0 radical (unpaired) electrons. The Morgan fingerprint density at radius 3 is 1.69 bits per heavy atom. The Morgan fingerprint density at radius 1 is 0.729 bits per heavy atom. The van der Waals surface area contributed by atoms with Crippen LogP contribution in [0, 0.1) is 36.5 Å². The topological polar surface area (TPSA) is 174 Å². The molecule has 0 unspecified atom stereocenters. The number of hydrogen-bond acceptors (Lipinski definition) is 11. The fourth-order valence-electron chi connectivity index (χ4n) is 6.10. The molecule has 0 amide bonds. The number of pyridine rings is 2. The fourth-order valence-corrected chi connectivity index (χ4v) is 6.50. The molecule has 2 aromatic heterocycles. The maximum absolute atomic E-state index is 13.1. The van der Waals surface area contributed by atoms with Crippen molar-refractivity contribution in [3.63, 3.8) is 0 Å². The Labute approximate surface area is 346 Å². The summed E-state index contributed by atoms with van der Waals surface area (Å²) in [6, 6.07) is 24.2. The summed E-state index contributed by atoms with van der Waals surface area (Å²) >= 11 is 12.5. The Kier molecular flexibility index (Phi) is 14.4. The maximum atomic E-state index is 13.1. The van der Waals surface area contributed by atoms with E-state index in [1.165, 1.54) is 20.3 Å². The first-order valence-electron chi connectivity index (χ1n) is 17.6. The number of carbonyl (C=O) groups excluding carboxylic acids is 2. The van der Waals surface area contributed by atoms with E-state index in [9.17, 15) is 23.2 Å². The molecule has 6 rings (SSSR count). The van der Waals surface area contributed by atoms with Crippen molar-refractivity contribution in [3.8, 4) is 29.5 Å². The highest BCUT2D eigenvalue weighted by molar-refractivity contribution is 6.35. The number of H-pyrrole nitrogens is 1. The molecule has 2 heterocycles. The minimum absolute atomic E-state index is 0.209. The number of nitriles is 2. The zero-order valence-corrected chi connectivity index (χ0v) is 33.5. The molecule has 4 aromatic carbocycles. The summed E-state index contributed by atoms with van der Waals surface area (Å²) in [7, 11) is 2.52. The number of methoxy groups -OCH3 is 2. The summed E-state index contributed by atoms with van der Waals surface area (Å²) in [5.74, 6) is -0.609. The van der Waals surface area contributed by atoms with E-state index in [-0.39, 0.29) is 41.6 Å². The van der Waals surface area contributed by atoms with Crippen LogP contribution in [-0.2, 0) is 31.9 Å². The van der Waals surface area contributed by atoms with Crippen molar-refractivity contribution < 1.29 is 42.1 Å². The SMILES string of the molecule is COC(=O)COc1ccc(Cl)c2[nH]c(=O)c(Cc3ccc(C#N)cc3)c(C)c12.COC(=O)COc1ccc(Cl)c2nc(OC(F)F)c(Cc3ccc(C#N)cc3)c(C)c12. The monoisotopic (exact) mass is 842 g/mol. The third kappa shape index (κ3) is 10.4. The molecule has 59 heavy (non-hydrogen) atoms. The second-order valence-electron chi connectivity index (χ2n) is 12.7. The number of fused-ring (bicyclic) bond motifs is 2. The fraction of sp³-hybridized carbons (Fsp3) is 0.209. The van der Waals surface area contributed by atoms with E-state index in [4.69, 9.17) is 47.9 Å². The average molecular weight is 844 g/mol. The first-order valence-corrected chi connectivity index (χ1v) is 18.3. The van der Waals surface area contributed by atoms with Gasteiger partial charge in [-0.2, -0.15) is 19.3 Å². The van der Waals surface area contributed by atoms with Gasteiger partial charge in [0.15, 0.2) is 13.2 Å². The molecule has 1 N–H and O–H groups in total. The largest absolute Gasteiger partial charge is 0.481 e. The van der Waals surface area contributed by atoms with Crippen molar-refractivity contribution in [2.24, 2.45) is 0 Å². The van der Waals surface area contributed by atoms with Gasteiger partial charge in [-0.25, -0.2) is 14.6 Å². The molecule has 0 saturated heterocycles. The Hall–Kier alpha value is -6.74. The van der Waals surface area contributed by atoms with Crippen LogP contribution in [0.5, 0.6) is 17.4 Å². The number of aromatic amines is 1. The van der Waals surface area contributed by atoms with Gasteiger partial charge in [0.25, 0.3) is 5.56 Å². The average Bonchev–Trinajstić information content (AvgIpc) is 3.23. The zero-order valence-electron chi connectivity index (χ0n) is 32.0.